The van der Waals surface area contributed by atoms with Crippen LogP contribution in [0.1, 0.15) is 71.6 Å². The van der Waals surface area contributed by atoms with Crippen molar-refractivity contribution in [2.24, 2.45) is 0 Å². The molecule has 6 aliphatic heterocycles. The van der Waals surface area contributed by atoms with Crippen molar-refractivity contribution >= 4 is 54.6 Å². The van der Waals surface area contributed by atoms with Gasteiger partial charge in [0, 0.05) is 111 Å². The molecule has 0 aliphatic carbocycles. The SMILES string of the molecule is C1=COC(S2(c3ccccn3)(c3ccc[nH]3)(N3CCCCC3)C(c3csnn3)(c3cccs3)C(c3ncc[nH]3)(c3nccs3)N(N3CCCC3)C(c3nn[nH]n3)(c3ncn[nH]3)C2(N2CCNCC2)N2CCCS2)C=C1. The molecule has 0 amide bonds. The quantitative estimate of drug-likeness (QED) is 0.0795. The number of pyridine rings is 1. The fourth-order valence-corrected chi connectivity index (χ4v) is 33.6. The van der Waals surface area contributed by atoms with Gasteiger partial charge in [0.25, 0.3) is 0 Å². The Morgan fingerprint density at radius 3 is 2.31 bits per heavy atom. The number of ether oxygens (including phenoxy) is 1. The third-order valence-electron chi connectivity index (χ3n) is 17.2. The Hall–Kier alpha value is -5.52. The maximum absolute atomic E-state index is 8.21. The molecule has 8 aromatic rings. The van der Waals surface area contributed by atoms with Crippen molar-refractivity contribution in [1.29, 1.82) is 0 Å². The van der Waals surface area contributed by atoms with Crippen LogP contribution >= 0.6 is 54.6 Å². The maximum atomic E-state index is 8.21. The van der Waals surface area contributed by atoms with E-state index in [4.69, 9.17) is 54.8 Å². The number of hydrogen-bond donors (Lipinski definition) is 5. The van der Waals surface area contributed by atoms with Crippen LogP contribution in [0.15, 0.2) is 130 Å². The Morgan fingerprint density at radius 2 is 1.65 bits per heavy atom. The summed E-state index contributed by atoms with van der Waals surface area (Å²) < 4.78 is 17.3. The minimum atomic E-state index is -6.32. The summed E-state index contributed by atoms with van der Waals surface area (Å²) >= 11 is 6.54. The van der Waals surface area contributed by atoms with Crippen LogP contribution in [0.25, 0.3) is 0 Å². The highest BCUT2D eigenvalue weighted by molar-refractivity contribution is 8.65. The second kappa shape index (κ2) is 18.0. The standard InChI is InChI=1S/C49H58N20OS5/c1-5-26-67(27-6-1)75(40-15-10-18-52-40,39-14-2-4-17-51-39,41-16-3-9-31-70-41)48(37-35-73-64-58-37,38-13-11-32-71-38)47(42-53-19-20-54-42,45-55-23-34-72-45)69(66-24-7-8-25-66)46(43-56-36-57-59-43,44-60-62-63-61-44)49(75,68-28-12-33-74-68)65-29-21-50-22-30-65/h2-4,9-11,13-20,23,31-32,34-36,41,50,52H,1,5-8,12,21-22,24-30,33H2,(H,53,54)(H,56,57,59)(H,60,61,62,63). The highest BCUT2D eigenvalue weighted by Gasteiger charge is 3.07. The molecule has 8 aromatic heterocycles. The monoisotopic (exact) mass is 1100 g/mol. The molecule has 5 fully saturated rings. The summed E-state index contributed by atoms with van der Waals surface area (Å²) in [4.78, 5) is 33.8. The molecule has 0 saturated carbocycles. The third kappa shape index (κ3) is 5.19. The third-order valence-corrected chi connectivity index (χ3v) is 31.3. The van der Waals surface area contributed by atoms with Gasteiger partial charge in [-0.1, -0.05) is 54.8 Å². The number of hydrogen-bond acceptors (Lipinski definition) is 21. The maximum Gasteiger partial charge on any atom is 0.208 e. The number of piperidine rings is 1. The fourth-order valence-electron chi connectivity index (χ4n) is 15.6. The highest BCUT2D eigenvalue weighted by Crippen LogP contribution is 3.19. The molecule has 0 bridgehead atoms. The molecule has 5 atom stereocenters. The van der Waals surface area contributed by atoms with Gasteiger partial charge in [-0.15, -0.1) is 38.0 Å². The van der Waals surface area contributed by atoms with Crippen molar-refractivity contribution in [3.8, 4) is 0 Å². The van der Waals surface area contributed by atoms with Gasteiger partial charge in [-0.25, -0.2) is 24.3 Å². The summed E-state index contributed by atoms with van der Waals surface area (Å²) in [5.74, 6) is 2.31. The number of nitrogens with zero attached hydrogens (tertiary/aromatic N) is 15. The summed E-state index contributed by atoms with van der Waals surface area (Å²) in [6, 6.07) is 15.6. The fraction of sp³-hybridized carbons (Fsp3) is 0.429. The van der Waals surface area contributed by atoms with E-state index in [0.717, 1.165) is 64.2 Å². The van der Waals surface area contributed by atoms with Crippen LogP contribution < -0.4 is 5.32 Å². The number of thiophene rings is 1. The predicted octanol–water partition coefficient (Wildman–Crippen LogP) is 6.33. The van der Waals surface area contributed by atoms with Gasteiger partial charge >= 0.3 is 0 Å². The van der Waals surface area contributed by atoms with Crippen LogP contribution in [0.4, 0.5) is 0 Å². The van der Waals surface area contributed by atoms with Gasteiger partial charge < -0.3 is 20.0 Å². The molecular weight excluding hydrogens is 1050 g/mol. The summed E-state index contributed by atoms with van der Waals surface area (Å²) in [6.45, 7) is 5.59. The normalized spacial score (nSPS) is 31.4. The zero-order valence-corrected chi connectivity index (χ0v) is 45.2. The van der Waals surface area contributed by atoms with Gasteiger partial charge in [0.1, 0.15) is 21.9 Å². The summed E-state index contributed by atoms with van der Waals surface area (Å²) in [5.41, 5.74) is -3.68. The molecule has 21 nitrogen and oxygen atoms in total. The first-order valence-corrected chi connectivity index (χ1v) is 31.7. The first-order chi connectivity index (χ1) is 37.2. The van der Waals surface area contributed by atoms with Gasteiger partial charge in [-0.3, -0.25) is 19.3 Å². The molecule has 5 unspecified atom stereocenters. The first-order valence-electron chi connectivity index (χ1n) is 25.7. The van der Waals surface area contributed by atoms with Crippen LogP contribution in [0, 0.1) is 0 Å². The molecule has 5 N–H and O–H groups in total. The lowest BCUT2D eigenvalue weighted by Gasteiger charge is -3.01. The molecule has 0 spiro atoms. The van der Waals surface area contributed by atoms with E-state index in [2.05, 4.69) is 120 Å². The van der Waals surface area contributed by atoms with E-state index in [1.54, 1.807) is 29.0 Å². The van der Waals surface area contributed by atoms with Crippen molar-refractivity contribution in [2.75, 3.05) is 64.7 Å². The van der Waals surface area contributed by atoms with E-state index in [1.807, 2.05) is 55.1 Å². The number of thiazole rings is 1. The van der Waals surface area contributed by atoms with Gasteiger partial charge in [-0.2, -0.15) is 15.3 Å². The summed E-state index contributed by atoms with van der Waals surface area (Å²) in [5, 5.41) is 51.1. The number of hydrazine groups is 1. The van der Waals surface area contributed by atoms with Crippen molar-refractivity contribution in [1.82, 2.24) is 99.2 Å². The molecule has 14 rings (SSSR count). The van der Waals surface area contributed by atoms with E-state index in [-0.39, 0.29) is 0 Å². The average molecular weight is 1100 g/mol. The predicted molar refractivity (Wildman–Crippen MR) is 289 cm³/mol. The van der Waals surface area contributed by atoms with Crippen molar-refractivity contribution in [2.45, 2.75) is 74.8 Å². The van der Waals surface area contributed by atoms with Crippen molar-refractivity contribution < 1.29 is 4.74 Å². The molecule has 0 aromatic carbocycles. The number of nitrogens with one attached hydrogen (secondary N) is 5. The molecule has 6 aliphatic rings. The Morgan fingerprint density at radius 1 is 0.747 bits per heavy atom. The van der Waals surface area contributed by atoms with Gasteiger partial charge in [-0.05, 0) is 91.5 Å². The lowest BCUT2D eigenvalue weighted by Crippen LogP contribution is -2.99. The van der Waals surface area contributed by atoms with E-state index in [9.17, 15) is 0 Å². The Labute approximate surface area is 448 Å². The molecular formula is C49H58N20OS5. The molecule has 5 saturated heterocycles. The smallest absolute Gasteiger partial charge is 0.208 e. The Kier molecular flexibility index (Phi) is 11.5. The van der Waals surface area contributed by atoms with Crippen LogP contribution in [-0.2, 0) is 20.6 Å². The number of aromatic nitrogens is 14. The highest BCUT2D eigenvalue weighted by atomic mass is 32.4. The number of aromatic amines is 4. The molecule has 75 heavy (non-hydrogen) atoms. The minimum Gasteiger partial charge on any atom is -0.484 e. The number of H-pyrrole nitrogens is 4. The second-order valence-corrected chi connectivity index (χ2v) is 29.5. The second-order valence-electron chi connectivity index (χ2n) is 19.8. The van der Waals surface area contributed by atoms with Crippen LogP contribution in [-0.4, -0.2) is 169 Å². The zero-order chi connectivity index (χ0) is 50.1. The molecule has 14 heterocycles. The first kappa shape index (κ1) is 47.9. The molecule has 390 valence electrons. The Bertz CT molecular complexity index is 3120. The van der Waals surface area contributed by atoms with E-state index in [1.165, 1.54) is 11.5 Å². The van der Waals surface area contributed by atoms with Crippen LogP contribution in [0.3, 0.4) is 0 Å². The van der Waals surface area contributed by atoms with Gasteiger partial charge in [0.15, 0.2) is 21.8 Å². The zero-order valence-electron chi connectivity index (χ0n) is 41.1. The van der Waals surface area contributed by atoms with Crippen LogP contribution in [0.2, 0.25) is 0 Å². The van der Waals surface area contributed by atoms with Crippen molar-refractivity contribution in [3.05, 3.63) is 153 Å². The summed E-state index contributed by atoms with van der Waals surface area (Å²) in [6.07, 6.45) is 25.3. The lowest BCUT2D eigenvalue weighted by atomic mass is 9.73. The number of tetrazole rings is 1. The van der Waals surface area contributed by atoms with Crippen LogP contribution in [0.5, 0.6) is 0 Å². The average Bonchev–Trinajstić information content (AvgIpc) is 2.77. The Balaban J connectivity index is 1.49. The van der Waals surface area contributed by atoms with E-state index < -0.39 is 34.7 Å². The minimum absolute atomic E-state index is 0.376. The van der Waals surface area contributed by atoms with Gasteiger partial charge in [0.05, 0.1) is 22.0 Å². The topological polar surface area (TPSA) is 230 Å². The number of rotatable bonds is 13. The van der Waals surface area contributed by atoms with Crippen molar-refractivity contribution in [3.63, 3.8) is 0 Å². The summed E-state index contributed by atoms with van der Waals surface area (Å²) in [7, 11) is -6.32. The largest absolute Gasteiger partial charge is 0.484 e. The number of allylic oxidation sites excluding steroid dienone is 2. The van der Waals surface area contributed by atoms with E-state index in [0.29, 0.717) is 82.1 Å². The van der Waals surface area contributed by atoms with Gasteiger partial charge in [0.2, 0.25) is 11.4 Å². The lowest BCUT2D eigenvalue weighted by molar-refractivity contribution is -0.237. The molecule has 26 heteroatoms. The van der Waals surface area contributed by atoms with E-state index >= 15 is 0 Å². The number of imidazole rings is 1. The molecule has 0 radical (unpaired) electrons. The number of piperazine rings is 1.